The summed E-state index contributed by atoms with van der Waals surface area (Å²) in [6.45, 7) is 0. The summed E-state index contributed by atoms with van der Waals surface area (Å²) in [4.78, 5) is 1.97. The summed E-state index contributed by atoms with van der Waals surface area (Å²) < 4.78 is 1.96. The Labute approximate surface area is 182 Å². The van der Waals surface area contributed by atoms with E-state index in [0.717, 1.165) is 22.4 Å². The van der Waals surface area contributed by atoms with Crippen molar-refractivity contribution in [2.45, 2.75) is 0 Å². The molecule has 0 aliphatic carbocycles. The van der Waals surface area contributed by atoms with Crippen molar-refractivity contribution in [2.75, 3.05) is 19.0 Å². The van der Waals surface area contributed by atoms with Gasteiger partial charge in [0.15, 0.2) is 0 Å². The second-order valence-corrected chi connectivity index (χ2v) is 7.12. The highest BCUT2D eigenvalue weighted by molar-refractivity contribution is 6.36. The molecule has 0 aliphatic heterocycles. The number of rotatable bonds is 5. The Kier molecular flexibility index (Phi) is 8.13. The Morgan fingerprint density at radius 2 is 1.25 bits per heavy atom. The fourth-order valence-electron chi connectivity index (χ4n) is 2.80. The van der Waals surface area contributed by atoms with Crippen molar-refractivity contribution in [2.24, 2.45) is 0 Å². The number of benzene rings is 3. The lowest BCUT2D eigenvalue weighted by Crippen LogP contribution is -3.00. The van der Waals surface area contributed by atoms with Crippen LogP contribution in [0.5, 0.6) is 0 Å². The van der Waals surface area contributed by atoms with Crippen LogP contribution in [0.4, 0.5) is 5.69 Å². The van der Waals surface area contributed by atoms with E-state index in [4.69, 9.17) is 23.2 Å². The van der Waals surface area contributed by atoms with E-state index >= 15 is 0 Å². The molecule has 0 aromatic heterocycles. The van der Waals surface area contributed by atoms with Gasteiger partial charge in [-0.1, -0.05) is 72.3 Å². The summed E-state index contributed by atoms with van der Waals surface area (Å²) in [6, 6.07) is 28.0. The van der Waals surface area contributed by atoms with Crippen LogP contribution in [-0.2, 0) is 0 Å². The van der Waals surface area contributed by atoms with Crippen molar-refractivity contribution >= 4 is 40.8 Å². The molecule has 5 heteroatoms. The van der Waals surface area contributed by atoms with Gasteiger partial charge in [0.2, 0.25) is 11.5 Å². The smallest absolute Gasteiger partial charge is 0.244 e. The maximum absolute atomic E-state index is 7.01. The van der Waals surface area contributed by atoms with Crippen LogP contribution in [0, 0.1) is 0 Å². The van der Waals surface area contributed by atoms with Crippen LogP contribution in [0.2, 0.25) is 5.02 Å². The molecule has 28 heavy (non-hydrogen) atoms. The molecule has 0 saturated carbocycles. The van der Waals surface area contributed by atoms with E-state index in [9.17, 15) is 0 Å². The van der Waals surface area contributed by atoms with Crippen molar-refractivity contribution < 1.29 is 17.0 Å². The van der Waals surface area contributed by atoms with Gasteiger partial charge in [-0.15, -0.1) is 0 Å². The normalized spacial score (nSPS) is 9.86. The molecule has 144 valence electrons. The van der Waals surface area contributed by atoms with Crippen LogP contribution in [0.3, 0.4) is 0 Å². The van der Waals surface area contributed by atoms with Gasteiger partial charge in [-0.3, -0.25) is 4.58 Å². The van der Waals surface area contributed by atoms with Gasteiger partial charge in [0, 0.05) is 10.6 Å². The van der Waals surface area contributed by atoms with Crippen molar-refractivity contribution in [1.82, 2.24) is 0 Å². The van der Waals surface area contributed by atoms with Gasteiger partial charge >= 0.3 is 0 Å². The summed E-state index contributed by atoms with van der Waals surface area (Å²) >= 11 is 13.1. The van der Waals surface area contributed by atoms with Crippen LogP contribution in [0.25, 0.3) is 5.57 Å². The maximum Gasteiger partial charge on any atom is 0.244 e. The summed E-state index contributed by atoms with van der Waals surface area (Å²) in [7, 11) is 3.94. The maximum atomic E-state index is 7.01. The van der Waals surface area contributed by atoms with Gasteiger partial charge in [-0.2, -0.15) is 4.90 Å². The molecule has 0 saturated heterocycles. The topological polar surface area (TPSA) is 6.25 Å². The first-order chi connectivity index (χ1) is 13.1. The van der Waals surface area contributed by atoms with E-state index in [1.807, 2.05) is 90.6 Å². The molecule has 0 amide bonds. The summed E-state index contributed by atoms with van der Waals surface area (Å²) in [5.74, 6) is 0. The average molecular weight is 432 g/mol. The molecular formula is C23H21Cl3N2. The number of halogens is 3. The lowest BCUT2D eigenvalue weighted by Gasteiger charge is -2.17. The van der Waals surface area contributed by atoms with Crippen LogP contribution in [-0.4, -0.2) is 25.0 Å². The predicted octanol–water partition coefficient (Wildman–Crippen LogP) is 3.11. The van der Waals surface area contributed by atoms with Crippen molar-refractivity contribution in [3.63, 3.8) is 0 Å². The molecule has 0 fully saturated rings. The van der Waals surface area contributed by atoms with Gasteiger partial charge in [0.1, 0.15) is 5.69 Å². The lowest BCUT2D eigenvalue weighted by molar-refractivity contribution is -0.460. The molecule has 0 aliphatic rings. The van der Waals surface area contributed by atoms with Crippen LogP contribution < -0.4 is 17.3 Å². The summed E-state index contributed by atoms with van der Waals surface area (Å²) in [5, 5.41) is 1.30. The minimum absolute atomic E-state index is 0. The highest BCUT2D eigenvalue weighted by Crippen LogP contribution is 2.33. The summed E-state index contributed by atoms with van der Waals surface area (Å²) in [5.41, 5.74) is 4.01. The second-order valence-electron chi connectivity index (χ2n) is 6.32. The molecule has 0 radical (unpaired) electrons. The zero-order valence-electron chi connectivity index (χ0n) is 15.7. The number of nitrogens with zero attached hydrogens (tertiary/aromatic N) is 2. The second kappa shape index (κ2) is 10.3. The minimum Gasteiger partial charge on any atom is -1.00 e. The van der Waals surface area contributed by atoms with E-state index < -0.39 is 0 Å². The highest BCUT2D eigenvalue weighted by atomic mass is 35.5. The molecule has 3 rings (SSSR count). The Balaban J connectivity index is 0.00000280. The third-order valence-electron chi connectivity index (χ3n) is 3.99. The molecule has 0 N–H and O–H groups in total. The van der Waals surface area contributed by atoms with Crippen LogP contribution in [0.15, 0.2) is 90.1 Å². The predicted molar refractivity (Wildman–Crippen MR) is 117 cm³/mol. The Hall–Kier alpha value is -2.26. The van der Waals surface area contributed by atoms with Gasteiger partial charge in [0.05, 0.1) is 14.1 Å². The molecule has 3 aromatic carbocycles. The van der Waals surface area contributed by atoms with E-state index in [2.05, 4.69) is 24.3 Å². The third kappa shape index (κ3) is 5.39. The molecule has 0 heterocycles. The van der Waals surface area contributed by atoms with Crippen LogP contribution >= 0.6 is 23.2 Å². The Morgan fingerprint density at radius 3 is 1.68 bits per heavy atom. The first-order valence-electron chi connectivity index (χ1n) is 8.63. The minimum atomic E-state index is 0. The first kappa shape index (κ1) is 22.0. The monoisotopic (exact) mass is 430 g/mol. The average Bonchev–Trinajstić information content (AvgIpc) is 2.68. The molecule has 0 unspecified atom stereocenters. The molecular weight excluding hydrogens is 411 g/mol. The molecule has 0 bridgehead atoms. The van der Waals surface area contributed by atoms with Crippen molar-refractivity contribution in [1.29, 1.82) is 0 Å². The largest absolute Gasteiger partial charge is 1.00 e. The molecule has 3 aromatic rings. The number of anilines is 1. The SMILES string of the molecule is C[N+](C)=CN(C(Cl)=C(c1ccccc1)c1ccccc1)c1ccc(Cl)cc1.[Cl-]. The molecule has 2 nitrogen and oxygen atoms in total. The number of hydrogen-bond donors (Lipinski definition) is 0. The van der Waals surface area contributed by atoms with Gasteiger partial charge in [-0.05, 0) is 47.0 Å². The van der Waals surface area contributed by atoms with E-state index in [0.29, 0.717) is 10.2 Å². The standard InChI is InChI=1S/C23H21Cl2N2.ClH/c1-26(2)17-27(21-15-13-20(24)14-16-21)23(25)22(18-9-5-3-6-10-18)19-11-7-4-8-12-19;/h3-17H,1-2H3;1H/q+1;/p-1. The Morgan fingerprint density at radius 1 is 0.786 bits per heavy atom. The van der Waals surface area contributed by atoms with Gasteiger partial charge in [-0.25, -0.2) is 0 Å². The van der Waals surface area contributed by atoms with E-state index in [1.165, 1.54) is 0 Å². The Bertz CT molecular complexity index is 905. The van der Waals surface area contributed by atoms with Crippen LogP contribution in [0.1, 0.15) is 11.1 Å². The number of hydrogen-bond acceptors (Lipinski definition) is 0. The lowest BCUT2D eigenvalue weighted by atomic mass is 9.98. The van der Waals surface area contributed by atoms with E-state index in [1.54, 1.807) is 0 Å². The molecule has 0 spiro atoms. The zero-order valence-corrected chi connectivity index (χ0v) is 18.0. The first-order valence-corrected chi connectivity index (χ1v) is 9.38. The quantitative estimate of drug-likeness (QED) is 0.260. The van der Waals surface area contributed by atoms with E-state index in [-0.39, 0.29) is 12.4 Å². The van der Waals surface area contributed by atoms with Crippen molar-refractivity contribution in [3.05, 3.63) is 106 Å². The fraction of sp³-hybridized carbons (Fsp3) is 0.0870. The molecule has 0 atom stereocenters. The highest BCUT2D eigenvalue weighted by Gasteiger charge is 2.22. The van der Waals surface area contributed by atoms with Crippen molar-refractivity contribution in [3.8, 4) is 0 Å². The third-order valence-corrected chi connectivity index (χ3v) is 4.62. The van der Waals surface area contributed by atoms with Gasteiger partial charge < -0.3 is 12.4 Å². The fourth-order valence-corrected chi connectivity index (χ4v) is 3.28. The zero-order chi connectivity index (χ0) is 19.2. The summed E-state index contributed by atoms with van der Waals surface area (Å²) in [6.07, 6.45) is 1.96. The van der Waals surface area contributed by atoms with Gasteiger partial charge in [0.25, 0.3) is 0 Å².